The van der Waals surface area contributed by atoms with Crippen LogP contribution < -0.4 is 5.32 Å². The maximum Gasteiger partial charge on any atom is 0.337 e. The van der Waals surface area contributed by atoms with Crippen LogP contribution in [-0.2, 0) is 19.1 Å². The first-order chi connectivity index (χ1) is 14.3. The molecule has 160 valence electrons. The van der Waals surface area contributed by atoms with Crippen molar-refractivity contribution in [2.75, 3.05) is 19.8 Å². The van der Waals surface area contributed by atoms with Gasteiger partial charge in [0.1, 0.15) is 0 Å². The number of carbonyl (C=O) groups is 2. The molecule has 1 atom stereocenters. The van der Waals surface area contributed by atoms with E-state index in [9.17, 15) is 14.7 Å². The molecule has 0 fully saturated rings. The Morgan fingerprint density at radius 2 is 2.03 bits per heavy atom. The molecule has 0 amide bonds. The number of hydrogen-bond donors (Lipinski definition) is 2. The van der Waals surface area contributed by atoms with Gasteiger partial charge in [-0.2, -0.15) is 0 Å². The number of benzene rings is 1. The van der Waals surface area contributed by atoms with E-state index in [0.717, 1.165) is 0 Å². The molecule has 10 heteroatoms. The van der Waals surface area contributed by atoms with Gasteiger partial charge < -0.3 is 19.9 Å². The normalized spacial score (nSPS) is 16.2. The Morgan fingerprint density at radius 3 is 2.63 bits per heavy atom. The van der Waals surface area contributed by atoms with E-state index >= 15 is 0 Å². The SMILES string of the molecule is CC1=C(C(=O)O)C(c2ccccc2Cl)C(C(=O)OC(C)C)=C(COCCN=[N+]=[N-])N1. The highest BCUT2D eigenvalue weighted by Crippen LogP contribution is 2.41. The summed E-state index contributed by atoms with van der Waals surface area (Å²) in [6, 6.07) is 6.76. The summed E-state index contributed by atoms with van der Waals surface area (Å²) in [5.74, 6) is -2.79. The molecule has 0 bridgehead atoms. The second-order valence-electron chi connectivity index (χ2n) is 6.78. The molecule has 2 N–H and O–H groups in total. The zero-order chi connectivity index (χ0) is 22.3. The highest BCUT2D eigenvalue weighted by molar-refractivity contribution is 6.31. The van der Waals surface area contributed by atoms with Gasteiger partial charge >= 0.3 is 11.9 Å². The maximum absolute atomic E-state index is 13.0. The molecule has 1 unspecified atom stereocenters. The van der Waals surface area contributed by atoms with Crippen LogP contribution in [-0.4, -0.2) is 42.9 Å². The molecule has 0 radical (unpaired) electrons. The highest BCUT2D eigenvalue weighted by Gasteiger charge is 2.39. The quantitative estimate of drug-likeness (QED) is 0.199. The fourth-order valence-corrected chi connectivity index (χ4v) is 3.40. The van der Waals surface area contributed by atoms with Gasteiger partial charge in [0.05, 0.1) is 42.1 Å². The summed E-state index contributed by atoms with van der Waals surface area (Å²) in [6.07, 6.45) is -0.413. The van der Waals surface area contributed by atoms with Crippen LogP contribution in [0.3, 0.4) is 0 Å². The van der Waals surface area contributed by atoms with Crippen LogP contribution in [0.2, 0.25) is 5.02 Å². The zero-order valence-corrected chi connectivity index (χ0v) is 17.6. The number of carbonyl (C=O) groups excluding carboxylic acids is 1. The number of esters is 1. The molecule has 9 nitrogen and oxygen atoms in total. The predicted molar refractivity (Wildman–Crippen MR) is 111 cm³/mol. The van der Waals surface area contributed by atoms with Gasteiger partial charge in [0.2, 0.25) is 0 Å². The number of allylic oxidation sites excluding steroid dienone is 1. The summed E-state index contributed by atoms with van der Waals surface area (Å²) in [5.41, 5.74) is 9.68. The zero-order valence-electron chi connectivity index (χ0n) is 16.9. The molecule has 30 heavy (non-hydrogen) atoms. The molecule has 1 aliphatic rings. The molecule has 0 saturated carbocycles. The minimum Gasteiger partial charge on any atom is -0.478 e. The van der Waals surface area contributed by atoms with Crippen molar-refractivity contribution in [3.8, 4) is 0 Å². The number of azide groups is 1. The van der Waals surface area contributed by atoms with Crippen LogP contribution in [0.5, 0.6) is 0 Å². The molecular formula is C20H23ClN4O5. The van der Waals surface area contributed by atoms with E-state index in [4.69, 9.17) is 26.6 Å². The first-order valence-electron chi connectivity index (χ1n) is 9.26. The van der Waals surface area contributed by atoms with Gasteiger partial charge in [-0.25, -0.2) is 9.59 Å². The van der Waals surface area contributed by atoms with Gasteiger partial charge in [-0.1, -0.05) is 34.9 Å². The second kappa shape index (κ2) is 10.7. The number of ether oxygens (including phenoxy) is 2. The first-order valence-corrected chi connectivity index (χ1v) is 9.63. The van der Waals surface area contributed by atoms with E-state index < -0.39 is 24.0 Å². The summed E-state index contributed by atoms with van der Waals surface area (Å²) in [5, 5.41) is 16.6. The Hall–Kier alpha value is -3.00. The Morgan fingerprint density at radius 1 is 1.33 bits per heavy atom. The van der Waals surface area contributed by atoms with Crippen LogP contribution >= 0.6 is 11.6 Å². The Labute approximate surface area is 178 Å². The van der Waals surface area contributed by atoms with Crippen molar-refractivity contribution in [3.05, 3.63) is 67.8 Å². The van der Waals surface area contributed by atoms with Gasteiger partial charge in [-0.05, 0) is 37.9 Å². The number of aliphatic carboxylic acids is 1. The largest absolute Gasteiger partial charge is 0.478 e. The average molecular weight is 435 g/mol. The summed E-state index contributed by atoms with van der Waals surface area (Å²) in [6.45, 7) is 5.24. The Kier molecular flexibility index (Phi) is 8.29. The van der Waals surface area contributed by atoms with E-state index in [0.29, 0.717) is 22.0 Å². The van der Waals surface area contributed by atoms with Crippen LogP contribution in [0.25, 0.3) is 10.4 Å². The lowest BCUT2D eigenvalue weighted by Crippen LogP contribution is -2.35. The van der Waals surface area contributed by atoms with Crippen LogP contribution in [0, 0.1) is 0 Å². The number of hydrogen-bond acceptors (Lipinski definition) is 6. The van der Waals surface area contributed by atoms with E-state index in [1.165, 1.54) is 0 Å². The molecule has 1 aromatic rings. The summed E-state index contributed by atoms with van der Waals surface area (Å²) >= 11 is 6.37. The lowest BCUT2D eigenvalue weighted by atomic mass is 9.80. The minimum atomic E-state index is -1.18. The number of rotatable bonds is 9. The number of carboxylic acid groups (broad SMARTS) is 1. The van der Waals surface area contributed by atoms with Crippen molar-refractivity contribution in [2.45, 2.75) is 32.8 Å². The Balaban J connectivity index is 2.58. The van der Waals surface area contributed by atoms with Crippen molar-refractivity contribution >= 4 is 23.5 Å². The van der Waals surface area contributed by atoms with Crippen LogP contribution in [0.4, 0.5) is 0 Å². The Bertz CT molecular complexity index is 935. The predicted octanol–water partition coefficient (Wildman–Crippen LogP) is 3.92. The van der Waals surface area contributed by atoms with Gasteiger partial charge in [0.15, 0.2) is 0 Å². The molecule has 1 aliphatic heterocycles. The van der Waals surface area contributed by atoms with E-state index in [1.807, 2.05) is 0 Å². The summed E-state index contributed by atoms with van der Waals surface area (Å²) < 4.78 is 10.9. The van der Waals surface area contributed by atoms with Gasteiger partial charge in [0.25, 0.3) is 0 Å². The van der Waals surface area contributed by atoms with Crippen molar-refractivity contribution in [2.24, 2.45) is 5.11 Å². The fraction of sp³-hybridized carbons (Fsp3) is 0.400. The van der Waals surface area contributed by atoms with E-state index in [2.05, 4.69) is 15.3 Å². The molecule has 2 rings (SSSR count). The second-order valence-corrected chi connectivity index (χ2v) is 7.18. The lowest BCUT2D eigenvalue weighted by Gasteiger charge is -2.31. The van der Waals surface area contributed by atoms with E-state index in [-0.39, 0.29) is 30.9 Å². The monoisotopic (exact) mass is 434 g/mol. The number of nitrogens with zero attached hydrogens (tertiary/aromatic N) is 3. The molecule has 1 aromatic carbocycles. The first kappa shape index (κ1) is 23.3. The van der Waals surface area contributed by atoms with Crippen molar-refractivity contribution in [1.29, 1.82) is 0 Å². The number of dihydropyridines is 1. The average Bonchev–Trinajstić information content (AvgIpc) is 2.66. The van der Waals surface area contributed by atoms with Crippen LogP contribution in [0.1, 0.15) is 32.3 Å². The molecule has 0 aliphatic carbocycles. The standard InChI is InChI=1S/C20H23ClN4O5/c1-11(2)30-20(28)18-15(10-29-9-8-23-25-22)24-12(3)16(19(26)27)17(18)13-6-4-5-7-14(13)21/h4-7,11,17,24H,8-10H2,1-3H3,(H,26,27). The molecule has 0 spiro atoms. The van der Waals surface area contributed by atoms with Crippen molar-refractivity contribution < 1.29 is 24.2 Å². The smallest absolute Gasteiger partial charge is 0.337 e. The number of halogens is 1. The highest BCUT2D eigenvalue weighted by atomic mass is 35.5. The fourth-order valence-electron chi connectivity index (χ4n) is 3.16. The third kappa shape index (κ3) is 5.54. The van der Waals surface area contributed by atoms with Gasteiger partial charge in [-0.3, -0.25) is 0 Å². The third-order valence-electron chi connectivity index (χ3n) is 4.30. The van der Waals surface area contributed by atoms with Crippen LogP contribution in [0.15, 0.2) is 51.9 Å². The lowest BCUT2D eigenvalue weighted by molar-refractivity contribution is -0.143. The number of nitrogens with one attached hydrogen (secondary N) is 1. The maximum atomic E-state index is 13.0. The summed E-state index contributed by atoms with van der Waals surface area (Å²) in [7, 11) is 0. The number of carboxylic acids is 1. The summed E-state index contributed by atoms with van der Waals surface area (Å²) in [4.78, 5) is 27.8. The molecule has 0 aromatic heterocycles. The molecular weight excluding hydrogens is 412 g/mol. The third-order valence-corrected chi connectivity index (χ3v) is 4.64. The van der Waals surface area contributed by atoms with Crippen molar-refractivity contribution in [3.63, 3.8) is 0 Å². The van der Waals surface area contributed by atoms with E-state index in [1.54, 1.807) is 45.0 Å². The molecule has 0 saturated heterocycles. The van der Waals surface area contributed by atoms with Crippen molar-refractivity contribution in [1.82, 2.24) is 5.32 Å². The van der Waals surface area contributed by atoms with Gasteiger partial charge in [-0.15, -0.1) is 0 Å². The topological polar surface area (TPSA) is 134 Å². The molecule has 1 heterocycles. The van der Waals surface area contributed by atoms with Gasteiger partial charge in [0, 0.05) is 22.2 Å². The minimum absolute atomic E-state index is 0.00311.